The molecule has 27 heavy (non-hydrogen) atoms. The van der Waals surface area contributed by atoms with Gasteiger partial charge in [-0.1, -0.05) is 23.7 Å². The molecule has 4 aromatic rings. The van der Waals surface area contributed by atoms with E-state index in [1.807, 2.05) is 31.3 Å². The SMILES string of the molecule is Cc1cc(O)c(-c2c(-c3ccc(Cl)cc3)nc3c(C)cc(Br)cn23)c(=O)o1. The molecule has 0 aliphatic rings. The van der Waals surface area contributed by atoms with Crippen LogP contribution in [0.3, 0.4) is 0 Å². The van der Waals surface area contributed by atoms with Gasteiger partial charge < -0.3 is 9.52 Å². The summed E-state index contributed by atoms with van der Waals surface area (Å²) < 4.78 is 7.85. The zero-order valence-corrected chi connectivity index (χ0v) is 16.8. The Balaban J connectivity index is 2.16. The Bertz CT molecular complexity index is 1240. The Morgan fingerprint density at radius 3 is 2.56 bits per heavy atom. The van der Waals surface area contributed by atoms with E-state index >= 15 is 0 Å². The first-order valence-corrected chi connectivity index (χ1v) is 9.30. The number of aryl methyl sites for hydroxylation is 2. The molecule has 0 aliphatic heterocycles. The average molecular weight is 446 g/mol. The molecular formula is C20H14BrClN2O3. The van der Waals surface area contributed by atoms with Crippen molar-refractivity contribution in [1.82, 2.24) is 9.38 Å². The third kappa shape index (κ3) is 3.05. The van der Waals surface area contributed by atoms with Crippen LogP contribution in [-0.4, -0.2) is 14.5 Å². The maximum absolute atomic E-state index is 12.6. The van der Waals surface area contributed by atoms with Gasteiger partial charge in [-0.05, 0) is 53.5 Å². The summed E-state index contributed by atoms with van der Waals surface area (Å²) in [6, 6.07) is 10.5. The summed E-state index contributed by atoms with van der Waals surface area (Å²) in [5.74, 6) is 0.180. The molecule has 0 fully saturated rings. The summed E-state index contributed by atoms with van der Waals surface area (Å²) in [5.41, 5.74) is 2.83. The van der Waals surface area contributed by atoms with Gasteiger partial charge in [-0.25, -0.2) is 9.78 Å². The van der Waals surface area contributed by atoms with Gasteiger partial charge in [-0.15, -0.1) is 0 Å². The van der Waals surface area contributed by atoms with Crippen molar-refractivity contribution in [1.29, 1.82) is 0 Å². The smallest absolute Gasteiger partial charge is 0.349 e. The van der Waals surface area contributed by atoms with Gasteiger partial charge in [0.25, 0.3) is 0 Å². The lowest BCUT2D eigenvalue weighted by Crippen LogP contribution is -2.06. The third-order valence-electron chi connectivity index (χ3n) is 4.28. The number of imidazole rings is 1. The second kappa shape index (κ2) is 6.55. The highest BCUT2D eigenvalue weighted by atomic mass is 79.9. The van der Waals surface area contributed by atoms with Crippen LogP contribution < -0.4 is 5.63 Å². The van der Waals surface area contributed by atoms with Crippen molar-refractivity contribution < 1.29 is 9.52 Å². The average Bonchev–Trinajstić information content (AvgIpc) is 2.94. The lowest BCUT2D eigenvalue weighted by Gasteiger charge is -2.08. The Morgan fingerprint density at radius 1 is 1.19 bits per heavy atom. The van der Waals surface area contributed by atoms with E-state index in [1.165, 1.54) is 6.07 Å². The van der Waals surface area contributed by atoms with Gasteiger partial charge in [0.1, 0.15) is 22.7 Å². The molecule has 1 aromatic carbocycles. The number of hydrogen-bond acceptors (Lipinski definition) is 4. The van der Waals surface area contributed by atoms with E-state index in [0.29, 0.717) is 27.8 Å². The highest BCUT2D eigenvalue weighted by Crippen LogP contribution is 2.37. The second-order valence-corrected chi connectivity index (χ2v) is 7.61. The van der Waals surface area contributed by atoms with Crippen molar-refractivity contribution >= 4 is 33.2 Å². The van der Waals surface area contributed by atoms with Crippen molar-refractivity contribution in [3.8, 4) is 28.3 Å². The molecule has 0 amide bonds. The second-order valence-electron chi connectivity index (χ2n) is 6.26. The van der Waals surface area contributed by atoms with Crippen LogP contribution in [-0.2, 0) is 0 Å². The maximum Gasteiger partial charge on any atom is 0.349 e. The Kier molecular flexibility index (Phi) is 4.32. The molecule has 7 heteroatoms. The number of fused-ring (bicyclic) bond motifs is 1. The quantitative estimate of drug-likeness (QED) is 0.451. The molecule has 0 aliphatic carbocycles. The zero-order chi connectivity index (χ0) is 19.3. The number of aromatic nitrogens is 2. The van der Waals surface area contributed by atoms with Crippen LogP contribution in [0, 0.1) is 13.8 Å². The molecule has 0 saturated carbocycles. The summed E-state index contributed by atoms with van der Waals surface area (Å²) in [4.78, 5) is 17.4. The van der Waals surface area contributed by atoms with E-state index in [-0.39, 0.29) is 11.3 Å². The summed E-state index contributed by atoms with van der Waals surface area (Å²) in [7, 11) is 0. The summed E-state index contributed by atoms with van der Waals surface area (Å²) in [5, 5.41) is 11.1. The molecule has 4 rings (SSSR count). The molecule has 3 aromatic heterocycles. The Labute approximate surface area is 168 Å². The molecule has 1 N–H and O–H groups in total. The van der Waals surface area contributed by atoms with Gasteiger partial charge in [0, 0.05) is 27.3 Å². The molecule has 0 bridgehead atoms. The van der Waals surface area contributed by atoms with E-state index in [4.69, 9.17) is 21.0 Å². The number of benzene rings is 1. The zero-order valence-electron chi connectivity index (χ0n) is 14.5. The van der Waals surface area contributed by atoms with Crippen LogP contribution in [0.5, 0.6) is 5.75 Å². The van der Waals surface area contributed by atoms with Crippen molar-refractivity contribution in [2.75, 3.05) is 0 Å². The normalized spacial score (nSPS) is 11.3. The molecule has 0 unspecified atom stereocenters. The monoisotopic (exact) mass is 444 g/mol. The highest BCUT2D eigenvalue weighted by Gasteiger charge is 2.23. The van der Waals surface area contributed by atoms with E-state index in [0.717, 1.165) is 15.6 Å². The van der Waals surface area contributed by atoms with Crippen LogP contribution in [0.15, 0.2) is 56.3 Å². The number of rotatable bonds is 2. The van der Waals surface area contributed by atoms with E-state index in [2.05, 4.69) is 15.9 Å². The van der Waals surface area contributed by atoms with Gasteiger partial charge in [0.15, 0.2) is 0 Å². The summed E-state index contributed by atoms with van der Waals surface area (Å²) in [6.07, 6.45) is 1.81. The predicted octanol–water partition coefficient (Wildman–Crippen LogP) is 5.36. The first-order chi connectivity index (χ1) is 12.8. The van der Waals surface area contributed by atoms with Gasteiger partial charge in [0.05, 0.1) is 11.4 Å². The molecule has 136 valence electrons. The maximum atomic E-state index is 12.6. The molecule has 0 saturated heterocycles. The fraction of sp³-hybridized carbons (Fsp3) is 0.100. The highest BCUT2D eigenvalue weighted by molar-refractivity contribution is 9.10. The molecule has 5 nitrogen and oxygen atoms in total. The van der Waals surface area contributed by atoms with Crippen LogP contribution in [0.4, 0.5) is 0 Å². The Morgan fingerprint density at radius 2 is 1.89 bits per heavy atom. The number of aromatic hydroxyl groups is 1. The minimum atomic E-state index is -0.623. The van der Waals surface area contributed by atoms with E-state index in [9.17, 15) is 9.90 Å². The minimum absolute atomic E-state index is 0.0653. The van der Waals surface area contributed by atoms with Gasteiger partial charge >= 0.3 is 5.63 Å². The lowest BCUT2D eigenvalue weighted by atomic mass is 10.1. The molecule has 0 atom stereocenters. The van der Waals surface area contributed by atoms with E-state index < -0.39 is 5.63 Å². The van der Waals surface area contributed by atoms with Crippen molar-refractivity contribution in [3.63, 3.8) is 0 Å². The topological polar surface area (TPSA) is 67.7 Å². The van der Waals surface area contributed by atoms with Crippen LogP contribution in [0.25, 0.3) is 28.2 Å². The number of pyridine rings is 1. The minimum Gasteiger partial charge on any atom is -0.507 e. The van der Waals surface area contributed by atoms with Gasteiger partial charge in [0.2, 0.25) is 0 Å². The van der Waals surface area contributed by atoms with Gasteiger partial charge in [-0.2, -0.15) is 0 Å². The molecule has 0 radical (unpaired) electrons. The molecule has 3 heterocycles. The fourth-order valence-corrected chi connectivity index (χ4v) is 3.80. The summed E-state index contributed by atoms with van der Waals surface area (Å²) in [6.45, 7) is 3.54. The number of hydrogen-bond donors (Lipinski definition) is 1. The first kappa shape index (κ1) is 17.8. The summed E-state index contributed by atoms with van der Waals surface area (Å²) >= 11 is 9.50. The predicted molar refractivity (Wildman–Crippen MR) is 108 cm³/mol. The standard InChI is InChI=1S/C20H14BrClN2O3/c1-10-7-13(21)9-24-18(16-15(25)8-11(2)27-20(16)26)17(23-19(10)24)12-3-5-14(22)6-4-12/h3-9,25H,1-2H3. The van der Waals surface area contributed by atoms with Crippen LogP contribution in [0.1, 0.15) is 11.3 Å². The number of halogens is 2. The van der Waals surface area contributed by atoms with Crippen molar-refractivity contribution in [2.45, 2.75) is 13.8 Å². The Hall–Kier alpha value is -2.57. The van der Waals surface area contributed by atoms with E-state index in [1.54, 1.807) is 23.5 Å². The van der Waals surface area contributed by atoms with Crippen LogP contribution in [0.2, 0.25) is 5.02 Å². The lowest BCUT2D eigenvalue weighted by molar-refractivity contribution is 0.438. The number of nitrogens with zero attached hydrogens (tertiary/aromatic N) is 2. The fourth-order valence-electron chi connectivity index (χ4n) is 3.13. The van der Waals surface area contributed by atoms with Gasteiger partial charge in [-0.3, -0.25) is 4.40 Å². The van der Waals surface area contributed by atoms with Crippen molar-refractivity contribution in [2.24, 2.45) is 0 Å². The largest absolute Gasteiger partial charge is 0.507 e. The van der Waals surface area contributed by atoms with Crippen LogP contribution >= 0.6 is 27.5 Å². The molecular weight excluding hydrogens is 432 g/mol. The van der Waals surface area contributed by atoms with Crippen molar-refractivity contribution in [3.05, 3.63) is 73.8 Å². The molecule has 0 spiro atoms. The first-order valence-electron chi connectivity index (χ1n) is 8.13. The third-order valence-corrected chi connectivity index (χ3v) is 4.96.